The van der Waals surface area contributed by atoms with Crippen LogP contribution in [0, 0.1) is 0 Å². The topological polar surface area (TPSA) is 64.0 Å². The molecule has 0 radical (unpaired) electrons. The lowest BCUT2D eigenvalue weighted by molar-refractivity contribution is -0.121. The maximum absolute atomic E-state index is 12.1. The van der Waals surface area contributed by atoms with Gasteiger partial charge >= 0.3 is 0 Å². The molecule has 0 saturated carbocycles. The van der Waals surface area contributed by atoms with E-state index in [-0.39, 0.29) is 17.5 Å². The monoisotopic (exact) mass is 297 g/mol. The van der Waals surface area contributed by atoms with E-state index in [2.05, 4.69) is 10.4 Å². The van der Waals surface area contributed by atoms with Crippen LogP contribution in [-0.4, -0.2) is 21.7 Å². The molecular weight excluding hydrogens is 278 g/mol. The molecule has 5 nitrogen and oxygen atoms in total. The van der Waals surface area contributed by atoms with Gasteiger partial charge in [0.2, 0.25) is 5.91 Å². The molecule has 1 aliphatic carbocycles. The fourth-order valence-corrected chi connectivity index (χ4v) is 2.87. The second kappa shape index (κ2) is 6.13. The van der Waals surface area contributed by atoms with E-state index >= 15 is 0 Å². The van der Waals surface area contributed by atoms with Crippen LogP contribution in [0.5, 0.6) is 0 Å². The Kier molecular flexibility index (Phi) is 4.04. The maximum Gasteiger partial charge on any atom is 0.266 e. The van der Waals surface area contributed by atoms with Gasteiger partial charge in [0.1, 0.15) is 0 Å². The summed E-state index contributed by atoms with van der Waals surface area (Å²) in [4.78, 5) is 23.8. The van der Waals surface area contributed by atoms with Gasteiger partial charge in [0.25, 0.3) is 5.56 Å². The van der Waals surface area contributed by atoms with Gasteiger partial charge in [-0.2, -0.15) is 5.10 Å². The van der Waals surface area contributed by atoms with Crippen molar-refractivity contribution < 1.29 is 4.79 Å². The highest BCUT2D eigenvalue weighted by Gasteiger charge is 2.22. The number of carbonyl (C=O) groups excluding carboxylic acids is 1. The summed E-state index contributed by atoms with van der Waals surface area (Å²) < 4.78 is 1.37. The van der Waals surface area contributed by atoms with Crippen molar-refractivity contribution in [1.29, 1.82) is 0 Å². The zero-order chi connectivity index (χ0) is 15.5. The van der Waals surface area contributed by atoms with E-state index in [0.29, 0.717) is 12.8 Å². The lowest BCUT2D eigenvalue weighted by Gasteiger charge is -2.24. The van der Waals surface area contributed by atoms with Crippen LogP contribution in [0.4, 0.5) is 0 Å². The molecular formula is C17H19N3O2. The van der Waals surface area contributed by atoms with E-state index < -0.39 is 0 Å². The molecule has 0 aliphatic heterocycles. The molecule has 2 aromatic rings. The first-order valence-corrected chi connectivity index (χ1v) is 7.51. The molecule has 0 unspecified atom stereocenters. The molecule has 5 heteroatoms. The van der Waals surface area contributed by atoms with Crippen molar-refractivity contribution in [1.82, 2.24) is 15.1 Å². The van der Waals surface area contributed by atoms with E-state index in [9.17, 15) is 9.59 Å². The second-order valence-electron chi connectivity index (χ2n) is 5.75. The fraction of sp³-hybridized carbons (Fsp3) is 0.353. The summed E-state index contributed by atoms with van der Waals surface area (Å²) in [6.45, 7) is 0. The number of carbonyl (C=O) groups is 1. The van der Waals surface area contributed by atoms with Crippen molar-refractivity contribution in [3.05, 3.63) is 63.6 Å². The molecule has 1 amide bonds. The van der Waals surface area contributed by atoms with Crippen LogP contribution in [0.2, 0.25) is 0 Å². The molecule has 1 aliphatic rings. The van der Waals surface area contributed by atoms with Crippen molar-refractivity contribution in [2.24, 2.45) is 7.05 Å². The van der Waals surface area contributed by atoms with Crippen LogP contribution in [0.3, 0.4) is 0 Å². The van der Waals surface area contributed by atoms with Gasteiger partial charge in [0.15, 0.2) is 0 Å². The van der Waals surface area contributed by atoms with Crippen LogP contribution >= 0.6 is 0 Å². The fourth-order valence-electron chi connectivity index (χ4n) is 2.87. The number of benzene rings is 1. The minimum atomic E-state index is -0.102. The summed E-state index contributed by atoms with van der Waals surface area (Å²) in [5, 5.41) is 7.35. The average Bonchev–Trinajstić information content (AvgIpc) is 2.49. The van der Waals surface area contributed by atoms with Crippen LogP contribution in [0.25, 0.3) is 0 Å². The Morgan fingerprint density at radius 2 is 2.14 bits per heavy atom. The molecule has 22 heavy (non-hydrogen) atoms. The summed E-state index contributed by atoms with van der Waals surface area (Å²) in [5.41, 5.74) is 2.83. The Balaban J connectivity index is 1.64. The Bertz CT molecular complexity index is 737. The first kappa shape index (κ1) is 14.5. The Morgan fingerprint density at radius 3 is 2.91 bits per heavy atom. The van der Waals surface area contributed by atoms with E-state index in [1.54, 1.807) is 13.1 Å². The standard InChI is InChI=1S/C17H19N3O2/c1-20-17(22)11-13-10-14(7-8-15(13)19-20)18-16(21)9-12-5-3-2-4-6-12/h2-6,11,14H,7-10H2,1H3,(H,18,21)/t14-/m1/s1. The zero-order valence-electron chi connectivity index (χ0n) is 12.6. The van der Waals surface area contributed by atoms with Gasteiger partial charge in [0, 0.05) is 19.2 Å². The van der Waals surface area contributed by atoms with Crippen molar-refractivity contribution >= 4 is 5.91 Å². The first-order valence-electron chi connectivity index (χ1n) is 7.51. The Labute approximate surface area is 129 Å². The van der Waals surface area contributed by atoms with E-state index in [1.807, 2.05) is 30.3 Å². The predicted molar refractivity (Wildman–Crippen MR) is 83.6 cm³/mol. The second-order valence-corrected chi connectivity index (χ2v) is 5.75. The van der Waals surface area contributed by atoms with Crippen LogP contribution in [0.1, 0.15) is 23.2 Å². The molecule has 1 atom stereocenters. The molecule has 0 bridgehead atoms. The van der Waals surface area contributed by atoms with E-state index in [1.165, 1.54) is 4.68 Å². The molecule has 1 aromatic carbocycles. The summed E-state index contributed by atoms with van der Waals surface area (Å²) in [7, 11) is 1.66. The Hall–Kier alpha value is -2.43. The number of hydrogen-bond donors (Lipinski definition) is 1. The third-order valence-electron chi connectivity index (χ3n) is 4.03. The number of aryl methyl sites for hydroxylation is 2. The molecule has 1 aromatic heterocycles. The van der Waals surface area contributed by atoms with Gasteiger partial charge in [-0.05, 0) is 30.4 Å². The highest BCUT2D eigenvalue weighted by molar-refractivity contribution is 5.78. The number of rotatable bonds is 3. The number of aromatic nitrogens is 2. The minimum absolute atomic E-state index is 0.0245. The largest absolute Gasteiger partial charge is 0.353 e. The van der Waals surface area contributed by atoms with Crippen LogP contribution in [0.15, 0.2) is 41.2 Å². The lowest BCUT2D eigenvalue weighted by atomic mass is 9.92. The zero-order valence-corrected chi connectivity index (χ0v) is 12.6. The molecule has 0 spiro atoms. The van der Waals surface area contributed by atoms with Crippen molar-refractivity contribution in [3.63, 3.8) is 0 Å². The summed E-state index contributed by atoms with van der Waals surface area (Å²) in [6.07, 6.45) is 2.72. The van der Waals surface area contributed by atoms with Gasteiger partial charge in [-0.1, -0.05) is 30.3 Å². The SMILES string of the molecule is Cn1nc2c(cc1=O)C[C@H](NC(=O)Cc1ccccc1)CC2. The smallest absolute Gasteiger partial charge is 0.266 e. The Morgan fingerprint density at radius 1 is 1.36 bits per heavy atom. The van der Waals surface area contributed by atoms with Gasteiger partial charge in [-0.3, -0.25) is 9.59 Å². The van der Waals surface area contributed by atoms with Crippen molar-refractivity contribution in [3.8, 4) is 0 Å². The molecule has 0 fully saturated rings. The maximum atomic E-state index is 12.1. The molecule has 114 valence electrons. The molecule has 0 saturated heterocycles. The quantitative estimate of drug-likeness (QED) is 0.919. The highest BCUT2D eigenvalue weighted by atomic mass is 16.1. The van der Waals surface area contributed by atoms with Gasteiger partial charge in [0.05, 0.1) is 12.1 Å². The summed E-state index contributed by atoms with van der Waals surface area (Å²) >= 11 is 0. The van der Waals surface area contributed by atoms with Crippen molar-refractivity contribution in [2.45, 2.75) is 31.7 Å². The molecule has 3 rings (SSSR count). The number of hydrogen-bond acceptors (Lipinski definition) is 3. The number of nitrogens with one attached hydrogen (secondary N) is 1. The van der Waals surface area contributed by atoms with E-state index in [0.717, 1.165) is 29.7 Å². The third kappa shape index (κ3) is 3.24. The van der Waals surface area contributed by atoms with Gasteiger partial charge < -0.3 is 5.32 Å². The summed E-state index contributed by atoms with van der Waals surface area (Å²) in [6, 6.07) is 11.4. The lowest BCUT2D eigenvalue weighted by Crippen LogP contribution is -2.40. The minimum Gasteiger partial charge on any atom is -0.353 e. The van der Waals surface area contributed by atoms with Crippen molar-refractivity contribution in [2.75, 3.05) is 0 Å². The number of nitrogens with zero attached hydrogens (tertiary/aromatic N) is 2. The number of amides is 1. The molecule has 1 heterocycles. The molecule has 1 N–H and O–H groups in total. The van der Waals surface area contributed by atoms with Gasteiger partial charge in [-0.25, -0.2) is 4.68 Å². The first-order chi connectivity index (χ1) is 10.6. The van der Waals surface area contributed by atoms with E-state index in [4.69, 9.17) is 0 Å². The third-order valence-corrected chi connectivity index (χ3v) is 4.03. The summed E-state index contributed by atoms with van der Waals surface area (Å²) in [5.74, 6) is 0.0245. The van der Waals surface area contributed by atoms with Crippen LogP contribution < -0.4 is 10.9 Å². The van der Waals surface area contributed by atoms with Gasteiger partial charge in [-0.15, -0.1) is 0 Å². The predicted octanol–water partition coefficient (Wildman–Crippen LogP) is 0.996. The highest BCUT2D eigenvalue weighted by Crippen LogP contribution is 2.18. The average molecular weight is 297 g/mol. The van der Waals surface area contributed by atoms with Crippen LogP contribution in [-0.2, 0) is 31.1 Å². The normalized spacial score (nSPS) is 16.9. The number of fused-ring (bicyclic) bond motifs is 1.